The van der Waals surface area contributed by atoms with E-state index in [2.05, 4.69) is 149 Å². The van der Waals surface area contributed by atoms with Gasteiger partial charge in [-0.3, -0.25) is 4.57 Å². The molecule has 0 saturated carbocycles. The van der Waals surface area contributed by atoms with Gasteiger partial charge in [0, 0.05) is 43.9 Å². The van der Waals surface area contributed by atoms with Crippen LogP contribution in [0.2, 0.25) is 0 Å². The molecule has 0 fully saturated rings. The highest BCUT2D eigenvalue weighted by Gasteiger charge is 2.24. The van der Waals surface area contributed by atoms with E-state index < -0.39 is 0 Å². The van der Waals surface area contributed by atoms with E-state index in [9.17, 15) is 0 Å². The lowest BCUT2D eigenvalue weighted by Crippen LogP contribution is -2.07. The number of rotatable bonds is 6. The van der Waals surface area contributed by atoms with Crippen molar-refractivity contribution >= 4 is 54.7 Å². The molecule has 0 aliphatic rings. The monoisotopic (exact) mass is 756 g/mol. The highest BCUT2D eigenvalue weighted by Crippen LogP contribution is 2.42. The summed E-state index contributed by atoms with van der Waals surface area (Å²) in [5, 5.41) is 4.50. The van der Waals surface area contributed by atoms with Crippen molar-refractivity contribution in [3.05, 3.63) is 194 Å². The minimum atomic E-state index is 0.540. The third kappa shape index (κ3) is 5.29. The summed E-state index contributed by atoms with van der Waals surface area (Å²) in [6, 6.07) is 66.9. The zero-order chi connectivity index (χ0) is 38.9. The molecule has 7 heteroatoms. The first-order valence-electron chi connectivity index (χ1n) is 19.7. The zero-order valence-corrected chi connectivity index (χ0v) is 31.6. The Morgan fingerprint density at radius 3 is 1.63 bits per heavy atom. The number of hydrogen-bond donors (Lipinski definition) is 0. The second-order valence-electron chi connectivity index (χ2n) is 14.7. The molecular formula is C52H32N6O. The van der Waals surface area contributed by atoms with Crippen LogP contribution in [-0.2, 0) is 0 Å². The Hall–Kier alpha value is -8.16. The topological polar surface area (TPSA) is 74.6 Å². The molecule has 276 valence electrons. The fraction of sp³-hybridized carbons (Fsp3) is 0. The molecule has 12 aromatic rings. The summed E-state index contributed by atoms with van der Waals surface area (Å²) >= 11 is 0. The lowest BCUT2D eigenvalue weighted by molar-refractivity contribution is 0.620. The van der Waals surface area contributed by atoms with E-state index in [-0.39, 0.29) is 0 Å². The number of nitrogens with zero attached hydrogens (tertiary/aromatic N) is 6. The lowest BCUT2D eigenvalue weighted by atomic mass is 9.99. The molecule has 0 spiro atoms. The Balaban J connectivity index is 1.15. The molecule has 0 radical (unpaired) electrons. The van der Waals surface area contributed by atoms with Crippen molar-refractivity contribution in [2.24, 2.45) is 0 Å². The molecule has 0 amide bonds. The van der Waals surface area contributed by atoms with E-state index in [1.54, 1.807) is 0 Å². The molecule has 0 N–H and O–H groups in total. The molecule has 12 rings (SSSR count). The van der Waals surface area contributed by atoms with Gasteiger partial charge in [-0.15, -0.1) is 0 Å². The number of aromatic nitrogens is 6. The predicted octanol–water partition coefficient (Wildman–Crippen LogP) is 12.9. The SMILES string of the molecule is c1ccc(-c2nc(-c3ccccc3-c3ccccc3)nc(-n3c4ccccc4c4ccc5c6ccccc6n(-c6ccc(-c7nc8ccccc8o7)cc6)c5c43)n2)cc1. The van der Waals surface area contributed by atoms with Crippen LogP contribution in [0.15, 0.2) is 199 Å². The maximum Gasteiger partial charge on any atom is 0.238 e. The normalized spacial score (nSPS) is 11.7. The second kappa shape index (κ2) is 13.2. The summed E-state index contributed by atoms with van der Waals surface area (Å²) in [6.07, 6.45) is 0. The van der Waals surface area contributed by atoms with Crippen LogP contribution in [0, 0.1) is 0 Å². The maximum atomic E-state index is 6.16. The molecule has 4 heterocycles. The molecule has 0 aliphatic carbocycles. The van der Waals surface area contributed by atoms with Gasteiger partial charge >= 0.3 is 0 Å². The van der Waals surface area contributed by atoms with Crippen molar-refractivity contribution in [3.63, 3.8) is 0 Å². The summed E-state index contributed by atoms with van der Waals surface area (Å²) in [7, 11) is 0. The number of oxazole rings is 1. The quantitative estimate of drug-likeness (QED) is 0.169. The van der Waals surface area contributed by atoms with Crippen molar-refractivity contribution in [3.8, 4) is 57.0 Å². The van der Waals surface area contributed by atoms with Crippen LogP contribution in [0.4, 0.5) is 0 Å². The molecule has 59 heavy (non-hydrogen) atoms. The van der Waals surface area contributed by atoms with Crippen molar-refractivity contribution in [1.29, 1.82) is 0 Å². The van der Waals surface area contributed by atoms with Gasteiger partial charge in [-0.1, -0.05) is 146 Å². The molecular weight excluding hydrogens is 725 g/mol. The van der Waals surface area contributed by atoms with Gasteiger partial charge in [0.25, 0.3) is 0 Å². The Kier molecular flexibility index (Phi) is 7.40. The van der Waals surface area contributed by atoms with Crippen LogP contribution in [0.5, 0.6) is 0 Å². The summed E-state index contributed by atoms with van der Waals surface area (Å²) in [5.74, 6) is 2.33. The zero-order valence-electron chi connectivity index (χ0n) is 31.6. The molecule has 0 atom stereocenters. The minimum absolute atomic E-state index is 0.540. The molecule has 0 bridgehead atoms. The Morgan fingerprint density at radius 1 is 0.356 bits per heavy atom. The first-order valence-corrected chi connectivity index (χ1v) is 19.7. The molecule has 0 unspecified atom stereocenters. The van der Waals surface area contributed by atoms with Crippen LogP contribution in [-0.4, -0.2) is 29.1 Å². The van der Waals surface area contributed by atoms with Gasteiger partial charge in [0.15, 0.2) is 17.2 Å². The lowest BCUT2D eigenvalue weighted by Gasteiger charge is -2.14. The molecule has 0 aliphatic heterocycles. The highest BCUT2D eigenvalue weighted by molar-refractivity contribution is 6.23. The Bertz CT molecular complexity index is 3510. The van der Waals surface area contributed by atoms with E-state index in [0.717, 1.165) is 88.2 Å². The first-order chi connectivity index (χ1) is 29.3. The van der Waals surface area contributed by atoms with Gasteiger partial charge < -0.3 is 8.98 Å². The number of fused-ring (bicyclic) bond motifs is 8. The standard InChI is InChI=1S/C52H32N6O/c1-3-15-33(16-4-1)37-19-7-8-22-42(37)50-54-49(34-17-5-2-6-18-34)55-52(56-50)58-45-25-13-10-21-39(45)41-32-31-40-38-20-9-12-24-44(38)57(47(40)48(41)58)36-29-27-35(28-30-36)51-53-43-23-11-14-26-46(43)59-51/h1-32H. The van der Waals surface area contributed by atoms with Gasteiger partial charge in [-0.2, -0.15) is 9.97 Å². The largest absolute Gasteiger partial charge is 0.436 e. The van der Waals surface area contributed by atoms with Crippen molar-refractivity contribution in [2.75, 3.05) is 0 Å². The van der Waals surface area contributed by atoms with E-state index in [1.165, 1.54) is 0 Å². The summed E-state index contributed by atoms with van der Waals surface area (Å²) < 4.78 is 10.8. The first kappa shape index (κ1) is 33.0. The average Bonchev–Trinajstić information content (AvgIpc) is 4.00. The van der Waals surface area contributed by atoms with Crippen molar-refractivity contribution < 1.29 is 4.42 Å². The van der Waals surface area contributed by atoms with Crippen LogP contribution in [0.3, 0.4) is 0 Å². The van der Waals surface area contributed by atoms with Crippen LogP contribution < -0.4 is 0 Å². The van der Waals surface area contributed by atoms with E-state index >= 15 is 0 Å². The summed E-state index contributed by atoms with van der Waals surface area (Å²) in [4.78, 5) is 20.7. The van der Waals surface area contributed by atoms with Crippen molar-refractivity contribution in [2.45, 2.75) is 0 Å². The summed E-state index contributed by atoms with van der Waals surface area (Å²) in [6.45, 7) is 0. The highest BCUT2D eigenvalue weighted by atomic mass is 16.3. The Morgan fingerprint density at radius 2 is 0.915 bits per heavy atom. The van der Waals surface area contributed by atoms with E-state index in [0.29, 0.717) is 23.5 Å². The number of para-hydroxylation sites is 4. The van der Waals surface area contributed by atoms with Crippen LogP contribution in [0.1, 0.15) is 0 Å². The molecule has 0 saturated heterocycles. The third-order valence-corrected chi connectivity index (χ3v) is 11.2. The fourth-order valence-corrected chi connectivity index (χ4v) is 8.57. The average molecular weight is 757 g/mol. The van der Waals surface area contributed by atoms with Gasteiger partial charge in [-0.05, 0) is 59.7 Å². The smallest absolute Gasteiger partial charge is 0.238 e. The van der Waals surface area contributed by atoms with E-state index in [4.69, 9.17) is 24.4 Å². The molecule has 4 aromatic heterocycles. The second-order valence-corrected chi connectivity index (χ2v) is 14.7. The third-order valence-electron chi connectivity index (χ3n) is 11.2. The van der Waals surface area contributed by atoms with Gasteiger partial charge in [0.2, 0.25) is 11.8 Å². The van der Waals surface area contributed by atoms with Gasteiger partial charge in [0.1, 0.15) is 5.52 Å². The number of benzene rings is 8. The predicted molar refractivity (Wildman–Crippen MR) is 238 cm³/mol. The Labute approximate surface area is 338 Å². The fourth-order valence-electron chi connectivity index (χ4n) is 8.57. The summed E-state index contributed by atoms with van der Waals surface area (Å²) in [5.41, 5.74) is 11.7. The van der Waals surface area contributed by atoms with Crippen LogP contribution in [0.25, 0.3) is 112 Å². The van der Waals surface area contributed by atoms with Gasteiger partial charge in [-0.25, -0.2) is 9.97 Å². The number of hydrogen-bond acceptors (Lipinski definition) is 5. The van der Waals surface area contributed by atoms with Crippen LogP contribution >= 0.6 is 0 Å². The van der Waals surface area contributed by atoms with Gasteiger partial charge in [0.05, 0.1) is 22.1 Å². The van der Waals surface area contributed by atoms with E-state index in [1.807, 2.05) is 54.6 Å². The maximum absolute atomic E-state index is 6.16. The minimum Gasteiger partial charge on any atom is -0.436 e. The molecule has 8 aromatic carbocycles. The molecule has 7 nitrogen and oxygen atoms in total. The van der Waals surface area contributed by atoms with Crippen molar-refractivity contribution in [1.82, 2.24) is 29.1 Å².